The van der Waals surface area contributed by atoms with Crippen molar-refractivity contribution in [3.8, 4) is 6.07 Å². The van der Waals surface area contributed by atoms with E-state index in [1.807, 2.05) is 25.3 Å². The van der Waals surface area contributed by atoms with E-state index >= 15 is 0 Å². The number of carbonyl (C=O) groups is 1. The third kappa shape index (κ3) is 2.12. The Morgan fingerprint density at radius 1 is 1.64 bits per heavy atom. The highest BCUT2D eigenvalue weighted by molar-refractivity contribution is 7.10. The van der Waals surface area contributed by atoms with E-state index in [0.29, 0.717) is 5.56 Å². The quantitative estimate of drug-likeness (QED) is 0.808. The zero-order chi connectivity index (χ0) is 10.7. The molecule has 1 rings (SSSR count). The highest BCUT2D eigenvalue weighted by Gasteiger charge is 2.13. The predicted molar refractivity (Wildman–Crippen MR) is 56.3 cm³/mol. The lowest BCUT2D eigenvalue weighted by Gasteiger charge is -2.05. The normalized spacial score (nSPS) is 11.9. The maximum atomic E-state index is 11.6. The summed E-state index contributed by atoms with van der Waals surface area (Å²) in [5, 5.41) is 13.0. The molecule has 0 spiro atoms. The number of nitrogens with one attached hydrogen (secondary N) is 1. The number of aryl methyl sites for hydroxylation is 1. The number of rotatable bonds is 2. The van der Waals surface area contributed by atoms with E-state index in [9.17, 15) is 4.79 Å². The van der Waals surface area contributed by atoms with Gasteiger partial charge in [0.05, 0.1) is 11.6 Å². The minimum atomic E-state index is -0.442. The van der Waals surface area contributed by atoms with E-state index in [4.69, 9.17) is 5.26 Å². The largest absolute Gasteiger partial charge is 0.337 e. The summed E-state index contributed by atoms with van der Waals surface area (Å²) in [7, 11) is 0. The van der Waals surface area contributed by atoms with Crippen LogP contribution in [0, 0.1) is 25.2 Å². The summed E-state index contributed by atoms with van der Waals surface area (Å²) in [6.45, 7) is 5.55. The Balaban J connectivity index is 2.81. The topological polar surface area (TPSA) is 52.9 Å². The third-order valence-electron chi connectivity index (χ3n) is 2.07. The highest BCUT2D eigenvalue weighted by atomic mass is 32.1. The van der Waals surface area contributed by atoms with E-state index < -0.39 is 6.04 Å². The Hall–Kier alpha value is -1.34. The van der Waals surface area contributed by atoms with Crippen molar-refractivity contribution in [2.75, 3.05) is 0 Å². The number of nitriles is 1. The zero-order valence-electron chi connectivity index (χ0n) is 8.42. The van der Waals surface area contributed by atoms with Crippen molar-refractivity contribution in [1.29, 1.82) is 5.26 Å². The van der Waals surface area contributed by atoms with Crippen LogP contribution in [0.2, 0.25) is 0 Å². The zero-order valence-corrected chi connectivity index (χ0v) is 9.23. The molecule has 0 aliphatic carbocycles. The van der Waals surface area contributed by atoms with E-state index in [1.165, 1.54) is 0 Å². The average molecular weight is 208 g/mol. The summed E-state index contributed by atoms with van der Waals surface area (Å²) in [4.78, 5) is 12.7. The molecule has 1 N–H and O–H groups in total. The van der Waals surface area contributed by atoms with Gasteiger partial charge in [-0.25, -0.2) is 0 Å². The van der Waals surface area contributed by atoms with Gasteiger partial charge < -0.3 is 5.32 Å². The minimum absolute atomic E-state index is 0.166. The molecule has 0 fully saturated rings. The second kappa shape index (κ2) is 4.25. The third-order valence-corrected chi connectivity index (χ3v) is 3.08. The fourth-order valence-electron chi connectivity index (χ4n) is 1.04. The van der Waals surface area contributed by atoms with E-state index in [0.717, 1.165) is 10.4 Å². The van der Waals surface area contributed by atoms with Crippen molar-refractivity contribution in [2.45, 2.75) is 26.8 Å². The molecule has 0 aliphatic rings. The van der Waals surface area contributed by atoms with Crippen LogP contribution in [0.25, 0.3) is 0 Å². The Morgan fingerprint density at radius 3 is 2.71 bits per heavy atom. The second-order valence-electron chi connectivity index (χ2n) is 3.15. The molecule has 0 saturated carbocycles. The van der Waals surface area contributed by atoms with Gasteiger partial charge in [-0.05, 0) is 26.3 Å². The smallest absolute Gasteiger partial charge is 0.253 e. The van der Waals surface area contributed by atoms with Gasteiger partial charge >= 0.3 is 0 Å². The Bertz CT molecular complexity index is 389. The van der Waals surface area contributed by atoms with Gasteiger partial charge in [0.15, 0.2) is 0 Å². The number of hydrogen-bond acceptors (Lipinski definition) is 3. The lowest BCUT2D eigenvalue weighted by molar-refractivity contribution is 0.0947. The Kier molecular flexibility index (Phi) is 3.26. The van der Waals surface area contributed by atoms with Crippen molar-refractivity contribution >= 4 is 17.2 Å². The summed E-state index contributed by atoms with van der Waals surface area (Å²) in [6.07, 6.45) is 0. The molecule has 0 radical (unpaired) electrons. The van der Waals surface area contributed by atoms with Gasteiger partial charge in [0.2, 0.25) is 0 Å². The summed E-state index contributed by atoms with van der Waals surface area (Å²) < 4.78 is 0. The second-order valence-corrected chi connectivity index (χ2v) is 4.24. The van der Waals surface area contributed by atoms with Gasteiger partial charge in [-0.15, -0.1) is 11.3 Å². The standard InChI is InChI=1S/C10H12N2OS/c1-6(4-11)12-10(13)9-5-14-8(3)7(9)2/h5-6H,1-3H3,(H,12,13). The van der Waals surface area contributed by atoms with Crippen molar-refractivity contribution in [3.63, 3.8) is 0 Å². The Labute approximate surface area is 87.4 Å². The molecular formula is C10H12N2OS. The molecule has 1 heterocycles. The van der Waals surface area contributed by atoms with Crippen LogP contribution < -0.4 is 5.32 Å². The van der Waals surface area contributed by atoms with E-state index in [2.05, 4.69) is 5.32 Å². The molecule has 0 aromatic carbocycles. The molecule has 1 amide bonds. The first-order valence-electron chi connectivity index (χ1n) is 4.31. The van der Waals surface area contributed by atoms with E-state index in [1.54, 1.807) is 18.3 Å². The number of thiophene rings is 1. The summed E-state index contributed by atoms with van der Waals surface area (Å²) >= 11 is 1.55. The molecule has 1 aromatic heterocycles. The molecule has 0 bridgehead atoms. The van der Waals surface area contributed by atoms with E-state index in [-0.39, 0.29) is 5.91 Å². The van der Waals surface area contributed by atoms with Crippen LogP contribution in [-0.4, -0.2) is 11.9 Å². The monoisotopic (exact) mass is 208 g/mol. The maximum absolute atomic E-state index is 11.6. The van der Waals surface area contributed by atoms with Crippen LogP contribution in [0.1, 0.15) is 27.7 Å². The van der Waals surface area contributed by atoms with Crippen LogP contribution in [0.15, 0.2) is 5.38 Å². The molecule has 3 nitrogen and oxygen atoms in total. The number of amides is 1. The van der Waals surface area contributed by atoms with Gasteiger partial charge in [-0.2, -0.15) is 5.26 Å². The first-order chi connectivity index (χ1) is 6.56. The lowest BCUT2D eigenvalue weighted by Crippen LogP contribution is -2.31. The minimum Gasteiger partial charge on any atom is -0.337 e. The van der Waals surface area contributed by atoms with Crippen molar-refractivity contribution in [3.05, 3.63) is 21.4 Å². The molecule has 1 aromatic rings. The predicted octanol–water partition coefficient (Wildman–Crippen LogP) is 2.01. The molecule has 4 heteroatoms. The van der Waals surface area contributed by atoms with Gasteiger partial charge in [0.1, 0.15) is 6.04 Å². The van der Waals surface area contributed by atoms with Crippen LogP contribution in [0.3, 0.4) is 0 Å². The first-order valence-corrected chi connectivity index (χ1v) is 5.19. The highest BCUT2D eigenvalue weighted by Crippen LogP contribution is 2.20. The number of hydrogen-bond donors (Lipinski definition) is 1. The molecule has 1 atom stereocenters. The maximum Gasteiger partial charge on any atom is 0.253 e. The van der Waals surface area contributed by atoms with Gasteiger partial charge in [-0.1, -0.05) is 0 Å². The molecule has 1 unspecified atom stereocenters. The summed E-state index contributed by atoms with van der Waals surface area (Å²) in [6, 6.07) is 1.52. The molecule has 74 valence electrons. The van der Waals surface area contributed by atoms with Gasteiger partial charge in [0.25, 0.3) is 5.91 Å². The summed E-state index contributed by atoms with van der Waals surface area (Å²) in [5.74, 6) is -0.166. The van der Waals surface area contributed by atoms with Crippen LogP contribution in [0.5, 0.6) is 0 Å². The first kappa shape index (κ1) is 10.7. The summed E-state index contributed by atoms with van der Waals surface area (Å²) in [5.41, 5.74) is 1.67. The van der Waals surface area contributed by atoms with Crippen molar-refractivity contribution in [1.82, 2.24) is 5.32 Å². The Morgan fingerprint density at radius 2 is 2.29 bits per heavy atom. The SMILES string of the molecule is Cc1scc(C(=O)NC(C)C#N)c1C. The van der Waals surface area contributed by atoms with Crippen molar-refractivity contribution in [2.24, 2.45) is 0 Å². The fourth-order valence-corrected chi connectivity index (χ4v) is 1.91. The van der Waals surface area contributed by atoms with Crippen LogP contribution in [0.4, 0.5) is 0 Å². The number of nitrogens with zero attached hydrogens (tertiary/aromatic N) is 1. The van der Waals surface area contributed by atoms with Crippen LogP contribution >= 0.6 is 11.3 Å². The van der Waals surface area contributed by atoms with Gasteiger partial charge in [0, 0.05) is 10.3 Å². The fraction of sp³-hybridized carbons (Fsp3) is 0.400. The molecule has 14 heavy (non-hydrogen) atoms. The van der Waals surface area contributed by atoms with Gasteiger partial charge in [-0.3, -0.25) is 4.79 Å². The molecule has 0 aliphatic heterocycles. The van der Waals surface area contributed by atoms with Crippen molar-refractivity contribution < 1.29 is 4.79 Å². The molecule has 0 saturated heterocycles. The van der Waals surface area contributed by atoms with Crippen LogP contribution in [-0.2, 0) is 0 Å². The average Bonchev–Trinajstić information content (AvgIpc) is 2.47. The lowest BCUT2D eigenvalue weighted by atomic mass is 10.1. The molecular weight excluding hydrogens is 196 g/mol. The number of carbonyl (C=O) groups excluding carboxylic acids is 1.